The van der Waals surface area contributed by atoms with E-state index >= 15 is 0 Å². The van der Waals surface area contributed by atoms with Crippen molar-refractivity contribution < 1.29 is 19.1 Å². The van der Waals surface area contributed by atoms with E-state index in [0.29, 0.717) is 33.6 Å². The highest BCUT2D eigenvalue weighted by molar-refractivity contribution is 7.09. The zero-order valence-corrected chi connectivity index (χ0v) is 21.1. The summed E-state index contributed by atoms with van der Waals surface area (Å²) in [6.45, 7) is 9.62. The fourth-order valence-corrected chi connectivity index (χ4v) is 3.99. The molecule has 11 nitrogen and oxygen atoms in total. The first-order chi connectivity index (χ1) is 16.7. The third-order valence-electron chi connectivity index (χ3n) is 5.10. The van der Waals surface area contributed by atoms with Crippen molar-refractivity contribution in [2.24, 2.45) is 10.2 Å². The molecule has 0 spiro atoms. The van der Waals surface area contributed by atoms with Crippen LogP contribution in [0.2, 0.25) is 0 Å². The van der Waals surface area contributed by atoms with Crippen LogP contribution in [-0.4, -0.2) is 49.6 Å². The number of esters is 2. The van der Waals surface area contributed by atoms with Gasteiger partial charge in [0.05, 0.1) is 19.3 Å². The average Bonchev–Trinajstić information content (AvgIpc) is 3.51. The summed E-state index contributed by atoms with van der Waals surface area (Å²) >= 11 is 1.10. The molecule has 0 radical (unpaired) electrons. The lowest BCUT2D eigenvalue weighted by Gasteiger charge is -2.14. The number of nitrogens with zero attached hydrogens (tertiary/aromatic N) is 6. The van der Waals surface area contributed by atoms with Gasteiger partial charge in [-0.1, -0.05) is 39.0 Å². The Labute approximate surface area is 205 Å². The molecule has 3 aromatic heterocycles. The van der Waals surface area contributed by atoms with Crippen molar-refractivity contribution >= 4 is 40.1 Å². The predicted octanol–water partition coefficient (Wildman–Crippen LogP) is 5.17. The largest absolute Gasteiger partial charge is 0.465 e. The predicted molar refractivity (Wildman–Crippen MR) is 130 cm³/mol. The molecule has 0 saturated heterocycles. The van der Waals surface area contributed by atoms with Crippen LogP contribution in [0, 0.1) is 6.92 Å². The second kappa shape index (κ2) is 9.37. The van der Waals surface area contributed by atoms with Gasteiger partial charge in [0.25, 0.3) is 0 Å². The molecule has 35 heavy (non-hydrogen) atoms. The molecule has 0 aliphatic carbocycles. The number of carbonyl (C=O) groups excluding carboxylic acids is 2. The minimum Gasteiger partial charge on any atom is -0.465 e. The minimum absolute atomic E-state index is 0.158. The Morgan fingerprint density at radius 3 is 2.51 bits per heavy atom. The number of aromatic nitrogens is 5. The van der Waals surface area contributed by atoms with Gasteiger partial charge in [-0.3, -0.25) is 5.10 Å². The molecule has 3 heterocycles. The van der Waals surface area contributed by atoms with Gasteiger partial charge >= 0.3 is 11.9 Å². The Morgan fingerprint density at radius 1 is 1.14 bits per heavy atom. The Bertz CT molecular complexity index is 1440. The first-order valence-electron chi connectivity index (χ1n) is 10.9. The van der Waals surface area contributed by atoms with Gasteiger partial charge in [-0.15, -0.1) is 10.2 Å². The van der Waals surface area contributed by atoms with E-state index in [4.69, 9.17) is 14.5 Å². The zero-order chi connectivity index (χ0) is 25.3. The van der Waals surface area contributed by atoms with E-state index in [9.17, 15) is 9.59 Å². The van der Waals surface area contributed by atoms with Gasteiger partial charge in [0, 0.05) is 28.1 Å². The van der Waals surface area contributed by atoms with Gasteiger partial charge in [0.2, 0.25) is 5.13 Å². The van der Waals surface area contributed by atoms with Gasteiger partial charge < -0.3 is 9.47 Å². The molecule has 0 atom stereocenters. The second-order valence-corrected chi connectivity index (χ2v) is 9.37. The van der Waals surface area contributed by atoms with Crippen LogP contribution in [0.15, 0.2) is 34.5 Å². The number of ether oxygens (including phenoxy) is 2. The Hall–Kier alpha value is -3.93. The smallest absolute Gasteiger partial charge is 0.342 e. The molecule has 182 valence electrons. The fraction of sp³-hybridized carbons (Fsp3) is 0.348. The molecular weight excluding hydrogens is 470 g/mol. The van der Waals surface area contributed by atoms with Crippen LogP contribution in [0.25, 0.3) is 16.8 Å². The van der Waals surface area contributed by atoms with Crippen LogP contribution in [0.5, 0.6) is 0 Å². The van der Waals surface area contributed by atoms with E-state index < -0.39 is 11.9 Å². The topological polar surface area (TPSA) is 136 Å². The normalized spacial score (nSPS) is 11.9. The maximum atomic E-state index is 13.3. The van der Waals surface area contributed by atoms with Gasteiger partial charge in [-0.2, -0.15) is 4.37 Å². The summed E-state index contributed by atoms with van der Waals surface area (Å²) in [6.07, 6.45) is 0. The molecule has 4 aromatic rings. The van der Waals surface area contributed by atoms with Crippen LogP contribution in [0.4, 0.5) is 10.9 Å². The minimum atomic E-state index is -0.597. The molecule has 0 fully saturated rings. The van der Waals surface area contributed by atoms with Gasteiger partial charge in [0.1, 0.15) is 17.2 Å². The fourth-order valence-electron chi connectivity index (χ4n) is 3.48. The van der Waals surface area contributed by atoms with Gasteiger partial charge in [0.15, 0.2) is 11.5 Å². The maximum Gasteiger partial charge on any atom is 0.342 e. The third kappa shape index (κ3) is 4.56. The van der Waals surface area contributed by atoms with E-state index in [2.05, 4.69) is 24.7 Å². The summed E-state index contributed by atoms with van der Waals surface area (Å²) in [5.41, 5.74) is 1.16. The lowest BCUT2D eigenvalue weighted by molar-refractivity contribution is 0.0527. The number of hydrogen-bond donors (Lipinski definition) is 1. The molecular formula is C23H25N7O4S. The number of aromatic amines is 1. The van der Waals surface area contributed by atoms with E-state index in [1.54, 1.807) is 42.6 Å². The van der Waals surface area contributed by atoms with Crippen LogP contribution < -0.4 is 0 Å². The first-order valence-corrected chi connectivity index (χ1v) is 11.6. The van der Waals surface area contributed by atoms with Crippen molar-refractivity contribution in [2.75, 3.05) is 13.7 Å². The van der Waals surface area contributed by atoms with Crippen LogP contribution >= 0.6 is 11.5 Å². The lowest BCUT2D eigenvalue weighted by atomic mass is 9.96. The van der Waals surface area contributed by atoms with Crippen molar-refractivity contribution in [3.05, 3.63) is 47.0 Å². The molecule has 1 aromatic carbocycles. The summed E-state index contributed by atoms with van der Waals surface area (Å²) in [5, 5.41) is 12.3. The summed E-state index contributed by atoms with van der Waals surface area (Å²) in [6, 6.07) is 6.79. The highest BCUT2D eigenvalue weighted by atomic mass is 32.1. The van der Waals surface area contributed by atoms with Crippen molar-refractivity contribution in [3.8, 4) is 11.1 Å². The summed E-state index contributed by atoms with van der Waals surface area (Å²) < 4.78 is 16.1. The second-order valence-electron chi connectivity index (χ2n) is 8.64. The average molecular weight is 496 g/mol. The first kappa shape index (κ1) is 24.2. The van der Waals surface area contributed by atoms with E-state index in [1.165, 1.54) is 7.11 Å². The van der Waals surface area contributed by atoms with E-state index in [0.717, 1.165) is 11.5 Å². The number of aryl methyl sites for hydroxylation is 1. The van der Waals surface area contributed by atoms with Crippen LogP contribution in [0.3, 0.4) is 0 Å². The third-order valence-corrected chi connectivity index (χ3v) is 5.79. The number of H-pyrrole nitrogens is 1. The number of rotatable bonds is 6. The van der Waals surface area contributed by atoms with Crippen molar-refractivity contribution in [2.45, 2.75) is 40.0 Å². The van der Waals surface area contributed by atoms with E-state index in [1.807, 2.05) is 20.8 Å². The molecule has 0 unspecified atom stereocenters. The van der Waals surface area contributed by atoms with Gasteiger partial charge in [-0.25, -0.2) is 24.1 Å². The molecule has 0 amide bonds. The van der Waals surface area contributed by atoms with Crippen molar-refractivity contribution in [3.63, 3.8) is 0 Å². The van der Waals surface area contributed by atoms with Crippen molar-refractivity contribution in [1.29, 1.82) is 0 Å². The van der Waals surface area contributed by atoms with Crippen LogP contribution in [-0.2, 0) is 14.9 Å². The molecule has 0 aliphatic heterocycles. The van der Waals surface area contributed by atoms with E-state index in [-0.39, 0.29) is 29.0 Å². The number of benzene rings is 1. The van der Waals surface area contributed by atoms with Crippen molar-refractivity contribution in [1.82, 2.24) is 24.0 Å². The Kier molecular flexibility index (Phi) is 6.48. The highest BCUT2D eigenvalue weighted by Gasteiger charge is 2.32. The molecule has 0 bridgehead atoms. The summed E-state index contributed by atoms with van der Waals surface area (Å²) in [5.74, 6) is 0.310. The number of methoxy groups -OCH3 is 1. The summed E-state index contributed by atoms with van der Waals surface area (Å²) in [4.78, 5) is 34.8. The lowest BCUT2D eigenvalue weighted by Crippen LogP contribution is -2.14. The number of hydrogen-bond acceptors (Lipinski definition) is 10. The highest BCUT2D eigenvalue weighted by Crippen LogP contribution is 2.41. The van der Waals surface area contributed by atoms with Crippen LogP contribution in [0.1, 0.15) is 60.1 Å². The Morgan fingerprint density at radius 2 is 1.89 bits per heavy atom. The molecule has 0 aliphatic rings. The Balaban J connectivity index is 2.09. The molecule has 0 saturated carbocycles. The monoisotopic (exact) mass is 495 g/mol. The quantitative estimate of drug-likeness (QED) is 0.288. The molecule has 12 heteroatoms. The number of carbonyl (C=O) groups is 2. The summed E-state index contributed by atoms with van der Waals surface area (Å²) in [7, 11) is 1.30. The molecule has 4 rings (SSSR count). The number of azo groups is 1. The molecule has 1 N–H and O–H groups in total. The number of nitrogens with one attached hydrogen (secondary N) is 1. The SMILES string of the molecule is CCOC(=O)c1c(-c2ccccc2C(=O)OC)c(/N=N/c2nc(C)ns2)n2[nH]c(C(C)(C)C)nc12. The van der Waals surface area contributed by atoms with Gasteiger partial charge in [-0.05, 0) is 19.9 Å². The standard InChI is InChI=1S/C23H25N7O4S/c1-7-34-20(32)16-15(13-10-8-9-11-14(13)19(31)33-6)18(26-27-22-24-12(2)29-35-22)30-17(16)25-21(28-30)23(3,4)5/h8-11H,7H2,1-6H3,(H,25,28)/b27-26+. The zero-order valence-electron chi connectivity index (χ0n) is 20.2. The maximum absolute atomic E-state index is 13.3. The number of fused-ring (bicyclic) bond motifs is 1.